The highest BCUT2D eigenvalue weighted by Gasteiger charge is 2.38. The Morgan fingerprint density at radius 1 is 1.33 bits per heavy atom. The van der Waals surface area contributed by atoms with Crippen LogP contribution in [-0.4, -0.2) is 35.3 Å². The predicted molar refractivity (Wildman–Crippen MR) is 56.8 cm³/mol. The van der Waals surface area contributed by atoms with E-state index >= 15 is 0 Å². The fourth-order valence-corrected chi connectivity index (χ4v) is 2.16. The second-order valence-corrected chi connectivity index (χ2v) is 5.21. The Kier molecular flexibility index (Phi) is 6.10. The van der Waals surface area contributed by atoms with Crippen LogP contribution in [-0.2, 0) is 22.8 Å². The first-order chi connectivity index (χ1) is 7.03. The molecule has 0 saturated heterocycles. The van der Waals surface area contributed by atoms with E-state index < -0.39 is 21.1 Å². The van der Waals surface area contributed by atoms with Gasteiger partial charge in [-0.2, -0.15) is 0 Å². The van der Waals surface area contributed by atoms with Crippen molar-refractivity contribution in [2.45, 2.75) is 13.2 Å². The molecule has 0 aliphatic rings. The van der Waals surface area contributed by atoms with Gasteiger partial charge in [-0.15, -0.1) is 0 Å². The summed E-state index contributed by atoms with van der Waals surface area (Å²) in [5.74, 6) is -0.568. The van der Waals surface area contributed by atoms with E-state index in [-0.39, 0.29) is 0 Å². The van der Waals surface area contributed by atoms with E-state index in [0.29, 0.717) is 0 Å². The van der Waals surface area contributed by atoms with Crippen LogP contribution in [0.4, 0.5) is 0 Å². The second kappa shape index (κ2) is 6.52. The van der Waals surface area contributed by atoms with E-state index in [1.54, 1.807) is 6.92 Å². The number of carbonyl (C=O) groups is 1. The molecule has 0 aromatic carbocycles. The first kappa shape index (κ1) is 14.0. The lowest BCUT2D eigenvalue weighted by Gasteiger charge is -2.25. The molecule has 5 nitrogen and oxygen atoms in total. The van der Waals surface area contributed by atoms with Crippen molar-refractivity contribution in [3.05, 3.63) is 24.9 Å². The van der Waals surface area contributed by atoms with Gasteiger partial charge in [-0.05, 0) is 12.6 Å². The molecule has 0 bridgehead atoms. The maximum Gasteiger partial charge on any atom is 0.531 e. The van der Waals surface area contributed by atoms with Crippen molar-refractivity contribution in [3.8, 4) is 0 Å². The highest BCUT2D eigenvalue weighted by molar-refractivity contribution is 6.66. The standard InChI is InChI=1S/C9H16O5Si/c1-6-9(10)13-8(3)14-15(7-2,11-4)12-5/h6-8H,1-2H2,3-5H3. The minimum Gasteiger partial charge on any atom is -0.434 e. The summed E-state index contributed by atoms with van der Waals surface area (Å²) >= 11 is 0. The maximum absolute atomic E-state index is 10.9. The molecule has 0 rings (SSSR count). The van der Waals surface area contributed by atoms with Gasteiger partial charge in [0.15, 0.2) is 6.29 Å². The number of ether oxygens (including phenoxy) is 1. The molecule has 0 saturated carbocycles. The molecule has 86 valence electrons. The third kappa shape index (κ3) is 4.39. The van der Waals surface area contributed by atoms with E-state index in [1.807, 2.05) is 0 Å². The summed E-state index contributed by atoms with van der Waals surface area (Å²) in [6.45, 7) is 8.38. The lowest BCUT2D eigenvalue weighted by atomic mass is 10.6. The molecule has 0 amide bonds. The Morgan fingerprint density at radius 2 is 1.87 bits per heavy atom. The maximum atomic E-state index is 10.9. The molecule has 0 aliphatic heterocycles. The van der Waals surface area contributed by atoms with Gasteiger partial charge in [0, 0.05) is 20.3 Å². The van der Waals surface area contributed by atoms with Crippen molar-refractivity contribution in [1.82, 2.24) is 0 Å². The van der Waals surface area contributed by atoms with Crippen molar-refractivity contribution in [1.29, 1.82) is 0 Å². The molecule has 1 atom stereocenters. The van der Waals surface area contributed by atoms with Gasteiger partial charge < -0.3 is 18.0 Å². The minimum atomic E-state index is -2.91. The Balaban J connectivity index is 4.34. The molecular formula is C9H16O5Si. The van der Waals surface area contributed by atoms with Gasteiger partial charge in [0.25, 0.3) is 0 Å². The van der Waals surface area contributed by atoms with Crippen LogP contribution in [0.5, 0.6) is 0 Å². The summed E-state index contributed by atoms with van der Waals surface area (Å²) in [6, 6.07) is 0. The molecule has 1 unspecified atom stereocenters. The smallest absolute Gasteiger partial charge is 0.434 e. The van der Waals surface area contributed by atoms with Crippen molar-refractivity contribution in [2.24, 2.45) is 0 Å². The summed E-state index contributed by atoms with van der Waals surface area (Å²) in [5, 5.41) is 0. The molecular weight excluding hydrogens is 216 g/mol. The number of carbonyl (C=O) groups excluding carboxylic acids is 1. The van der Waals surface area contributed by atoms with E-state index in [2.05, 4.69) is 13.2 Å². The zero-order valence-electron chi connectivity index (χ0n) is 9.19. The second-order valence-electron chi connectivity index (χ2n) is 2.54. The van der Waals surface area contributed by atoms with Gasteiger partial charge >= 0.3 is 14.8 Å². The average Bonchev–Trinajstić information content (AvgIpc) is 2.26. The van der Waals surface area contributed by atoms with Crippen molar-refractivity contribution >= 4 is 14.8 Å². The van der Waals surface area contributed by atoms with E-state index in [1.165, 1.54) is 19.9 Å². The zero-order chi connectivity index (χ0) is 11.9. The Hall–Kier alpha value is -0.953. The molecule has 15 heavy (non-hydrogen) atoms. The molecule has 6 heteroatoms. The Morgan fingerprint density at radius 3 is 2.20 bits per heavy atom. The topological polar surface area (TPSA) is 54.0 Å². The molecule has 0 heterocycles. The van der Waals surface area contributed by atoms with Crippen molar-refractivity contribution in [3.63, 3.8) is 0 Å². The third-order valence-corrected chi connectivity index (χ3v) is 3.90. The lowest BCUT2D eigenvalue weighted by molar-refractivity contribution is -0.159. The molecule has 0 aromatic heterocycles. The monoisotopic (exact) mass is 232 g/mol. The number of rotatable bonds is 7. The van der Waals surface area contributed by atoms with Gasteiger partial charge in [-0.25, -0.2) is 4.79 Å². The van der Waals surface area contributed by atoms with Gasteiger partial charge in [-0.3, -0.25) is 0 Å². The SMILES string of the molecule is C=CC(=O)OC(C)O[Si](C=C)(OC)OC. The lowest BCUT2D eigenvalue weighted by Crippen LogP contribution is -2.45. The fourth-order valence-electron chi connectivity index (χ4n) is 0.861. The molecule has 0 radical (unpaired) electrons. The largest absolute Gasteiger partial charge is 0.531 e. The van der Waals surface area contributed by atoms with Crippen LogP contribution in [0.3, 0.4) is 0 Å². The normalized spacial score (nSPS) is 13.0. The Labute approximate surface area is 90.6 Å². The van der Waals surface area contributed by atoms with Crippen molar-refractivity contribution < 1.29 is 22.8 Å². The zero-order valence-corrected chi connectivity index (χ0v) is 10.2. The van der Waals surface area contributed by atoms with Gasteiger partial charge in [0.2, 0.25) is 0 Å². The summed E-state index contributed by atoms with van der Waals surface area (Å²) in [5.41, 5.74) is 1.45. The van der Waals surface area contributed by atoms with Crippen LogP contribution in [0.25, 0.3) is 0 Å². The summed E-state index contributed by atoms with van der Waals surface area (Å²) in [6.07, 6.45) is 0.274. The summed E-state index contributed by atoms with van der Waals surface area (Å²) in [7, 11) is -0.0199. The quantitative estimate of drug-likeness (QED) is 0.284. The van der Waals surface area contributed by atoms with E-state index in [0.717, 1.165) is 6.08 Å². The highest BCUT2D eigenvalue weighted by atomic mass is 28.4. The fraction of sp³-hybridized carbons (Fsp3) is 0.444. The van der Waals surface area contributed by atoms with Crippen LogP contribution in [0.1, 0.15) is 6.92 Å². The van der Waals surface area contributed by atoms with Gasteiger partial charge in [-0.1, -0.05) is 13.2 Å². The van der Waals surface area contributed by atoms with E-state index in [9.17, 15) is 4.79 Å². The molecule has 0 N–H and O–H groups in total. The number of esters is 1. The summed E-state index contributed by atoms with van der Waals surface area (Å²) in [4.78, 5) is 10.9. The van der Waals surface area contributed by atoms with Crippen LogP contribution < -0.4 is 0 Å². The Bertz CT molecular complexity index is 237. The van der Waals surface area contributed by atoms with Gasteiger partial charge in [0.05, 0.1) is 0 Å². The molecule has 0 aromatic rings. The third-order valence-electron chi connectivity index (χ3n) is 1.60. The molecule has 0 aliphatic carbocycles. The first-order valence-electron chi connectivity index (χ1n) is 4.28. The van der Waals surface area contributed by atoms with E-state index in [4.69, 9.17) is 18.0 Å². The van der Waals surface area contributed by atoms with Crippen LogP contribution in [0.15, 0.2) is 24.9 Å². The van der Waals surface area contributed by atoms with Crippen molar-refractivity contribution in [2.75, 3.05) is 14.2 Å². The summed E-state index contributed by atoms with van der Waals surface area (Å²) < 4.78 is 20.3. The average molecular weight is 232 g/mol. The predicted octanol–water partition coefficient (Wildman–Crippen LogP) is 1.04. The van der Waals surface area contributed by atoms with Gasteiger partial charge in [0.1, 0.15) is 0 Å². The van der Waals surface area contributed by atoms with Crippen LogP contribution in [0, 0.1) is 0 Å². The number of hydrogen-bond acceptors (Lipinski definition) is 5. The molecule has 0 spiro atoms. The number of hydrogen-bond donors (Lipinski definition) is 0. The highest BCUT2D eigenvalue weighted by Crippen LogP contribution is 2.12. The van der Waals surface area contributed by atoms with Crippen LogP contribution >= 0.6 is 0 Å². The molecule has 0 fully saturated rings. The van der Waals surface area contributed by atoms with Crippen LogP contribution in [0.2, 0.25) is 0 Å². The minimum absolute atomic E-state index is 0.568. The first-order valence-corrected chi connectivity index (χ1v) is 6.08.